The van der Waals surface area contributed by atoms with E-state index in [2.05, 4.69) is 10.3 Å². The molecule has 0 fully saturated rings. The predicted octanol–water partition coefficient (Wildman–Crippen LogP) is 5.77. The van der Waals surface area contributed by atoms with Crippen LogP contribution in [-0.4, -0.2) is 10.9 Å². The van der Waals surface area contributed by atoms with Gasteiger partial charge in [0, 0.05) is 29.0 Å². The SMILES string of the molecule is O=C(Nc1ccc2oc(-c3cccc(C(F)(F)F)c3)cc2c1)c1cccnc1. The van der Waals surface area contributed by atoms with Crippen molar-refractivity contribution in [1.29, 1.82) is 0 Å². The fraction of sp³-hybridized carbons (Fsp3) is 0.0476. The number of hydrogen-bond acceptors (Lipinski definition) is 3. The van der Waals surface area contributed by atoms with Gasteiger partial charge in [-0.15, -0.1) is 0 Å². The van der Waals surface area contributed by atoms with Crippen molar-refractivity contribution in [1.82, 2.24) is 4.98 Å². The summed E-state index contributed by atoms with van der Waals surface area (Å²) in [4.78, 5) is 16.1. The largest absolute Gasteiger partial charge is 0.456 e. The molecule has 2 aromatic heterocycles. The third-order valence-corrected chi connectivity index (χ3v) is 4.17. The first-order valence-corrected chi connectivity index (χ1v) is 8.33. The Morgan fingerprint density at radius 2 is 1.86 bits per heavy atom. The van der Waals surface area contributed by atoms with Crippen LogP contribution >= 0.6 is 0 Å². The van der Waals surface area contributed by atoms with Crippen LogP contribution in [0.3, 0.4) is 0 Å². The van der Waals surface area contributed by atoms with E-state index in [9.17, 15) is 18.0 Å². The maximum atomic E-state index is 12.9. The van der Waals surface area contributed by atoms with Gasteiger partial charge in [-0.2, -0.15) is 13.2 Å². The van der Waals surface area contributed by atoms with Crippen LogP contribution < -0.4 is 5.32 Å². The zero-order chi connectivity index (χ0) is 19.7. The molecule has 1 N–H and O–H groups in total. The normalized spacial score (nSPS) is 11.5. The third-order valence-electron chi connectivity index (χ3n) is 4.17. The van der Waals surface area contributed by atoms with E-state index in [0.29, 0.717) is 33.5 Å². The van der Waals surface area contributed by atoms with Crippen molar-refractivity contribution in [2.24, 2.45) is 0 Å². The number of benzene rings is 2. The molecule has 4 rings (SSSR count). The fourth-order valence-corrected chi connectivity index (χ4v) is 2.81. The molecule has 0 unspecified atom stereocenters. The van der Waals surface area contributed by atoms with Crippen molar-refractivity contribution in [3.8, 4) is 11.3 Å². The number of halogens is 3. The Labute approximate surface area is 157 Å². The van der Waals surface area contributed by atoms with Crippen LogP contribution in [0.4, 0.5) is 18.9 Å². The van der Waals surface area contributed by atoms with Crippen LogP contribution in [0, 0.1) is 0 Å². The lowest BCUT2D eigenvalue weighted by molar-refractivity contribution is -0.137. The quantitative estimate of drug-likeness (QED) is 0.490. The number of amides is 1. The van der Waals surface area contributed by atoms with Crippen LogP contribution in [0.5, 0.6) is 0 Å². The zero-order valence-corrected chi connectivity index (χ0v) is 14.3. The second-order valence-corrected chi connectivity index (χ2v) is 6.14. The molecule has 1 amide bonds. The number of furan rings is 1. The number of anilines is 1. The number of carbonyl (C=O) groups excluding carboxylic acids is 1. The fourth-order valence-electron chi connectivity index (χ4n) is 2.81. The Bertz CT molecular complexity index is 1150. The second-order valence-electron chi connectivity index (χ2n) is 6.14. The Kier molecular flexibility index (Phi) is 4.35. The topological polar surface area (TPSA) is 55.1 Å². The molecule has 2 heterocycles. The van der Waals surface area contributed by atoms with E-state index >= 15 is 0 Å². The van der Waals surface area contributed by atoms with Gasteiger partial charge in [-0.1, -0.05) is 12.1 Å². The van der Waals surface area contributed by atoms with E-state index in [4.69, 9.17) is 4.42 Å². The van der Waals surface area contributed by atoms with Crippen LogP contribution in [0.15, 0.2) is 77.5 Å². The van der Waals surface area contributed by atoms with E-state index in [0.717, 1.165) is 12.1 Å². The molecule has 7 heteroatoms. The van der Waals surface area contributed by atoms with Gasteiger partial charge in [0.25, 0.3) is 5.91 Å². The van der Waals surface area contributed by atoms with Gasteiger partial charge in [0.15, 0.2) is 0 Å². The van der Waals surface area contributed by atoms with Crippen molar-refractivity contribution in [3.63, 3.8) is 0 Å². The highest BCUT2D eigenvalue weighted by Crippen LogP contribution is 2.34. The number of nitrogens with zero attached hydrogens (tertiary/aromatic N) is 1. The van der Waals surface area contributed by atoms with Gasteiger partial charge in [-0.3, -0.25) is 9.78 Å². The van der Waals surface area contributed by atoms with Crippen molar-refractivity contribution in [3.05, 3.63) is 84.2 Å². The highest BCUT2D eigenvalue weighted by atomic mass is 19.4. The molecule has 2 aromatic carbocycles. The number of nitrogens with one attached hydrogen (secondary N) is 1. The second kappa shape index (κ2) is 6.84. The average Bonchev–Trinajstić information content (AvgIpc) is 3.11. The molecular weight excluding hydrogens is 369 g/mol. The molecule has 0 aliphatic rings. The molecular formula is C21H13F3N2O2. The number of alkyl halides is 3. The minimum Gasteiger partial charge on any atom is -0.456 e. The lowest BCUT2D eigenvalue weighted by Crippen LogP contribution is -2.11. The van der Waals surface area contributed by atoms with Gasteiger partial charge >= 0.3 is 6.18 Å². The van der Waals surface area contributed by atoms with E-state index in [1.807, 2.05) is 0 Å². The van der Waals surface area contributed by atoms with Gasteiger partial charge in [0.05, 0.1) is 11.1 Å². The number of carbonyl (C=O) groups is 1. The summed E-state index contributed by atoms with van der Waals surface area (Å²) in [6, 6.07) is 14.9. The first-order valence-electron chi connectivity index (χ1n) is 8.33. The predicted molar refractivity (Wildman–Crippen MR) is 98.8 cm³/mol. The number of fused-ring (bicyclic) bond motifs is 1. The number of hydrogen-bond donors (Lipinski definition) is 1. The van der Waals surface area contributed by atoms with Crippen molar-refractivity contribution in [2.75, 3.05) is 5.32 Å². The average molecular weight is 382 g/mol. The van der Waals surface area contributed by atoms with E-state index in [-0.39, 0.29) is 5.91 Å². The van der Waals surface area contributed by atoms with E-state index in [1.54, 1.807) is 48.7 Å². The van der Waals surface area contributed by atoms with Crippen molar-refractivity contribution in [2.45, 2.75) is 6.18 Å². The van der Waals surface area contributed by atoms with Crippen LogP contribution in [0.25, 0.3) is 22.3 Å². The van der Waals surface area contributed by atoms with Crippen molar-refractivity contribution < 1.29 is 22.4 Å². The lowest BCUT2D eigenvalue weighted by Gasteiger charge is -2.07. The summed E-state index contributed by atoms with van der Waals surface area (Å²) >= 11 is 0. The molecule has 140 valence electrons. The molecule has 0 bridgehead atoms. The summed E-state index contributed by atoms with van der Waals surface area (Å²) in [5, 5.41) is 3.42. The maximum Gasteiger partial charge on any atom is 0.416 e. The standard InChI is InChI=1S/C21H13F3N2O2/c22-21(23,24)16-5-1-3-13(9-16)19-11-15-10-17(6-7-18(15)28-19)26-20(27)14-4-2-8-25-12-14/h1-12H,(H,26,27). The molecule has 28 heavy (non-hydrogen) atoms. The molecule has 0 saturated carbocycles. The molecule has 0 aliphatic carbocycles. The van der Waals surface area contributed by atoms with Crippen LogP contribution in [0.1, 0.15) is 15.9 Å². The third kappa shape index (κ3) is 3.59. The van der Waals surface area contributed by atoms with E-state index < -0.39 is 11.7 Å². The number of rotatable bonds is 3. The Morgan fingerprint density at radius 1 is 1.00 bits per heavy atom. The minimum atomic E-state index is -4.42. The summed E-state index contributed by atoms with van der Waals surface area (Å²) in [6.45, 7) is 0. The van der Waals surface area contributed by atoms with Crippen molar-refractivity contribution >= 4 is 22.6 Å². The van der Waals surface area contributed by atoms with Crippen LogP contribution in [0.2, 0.25) is 0 Å². The number of aromatic nitrogens is 1. The Morgan fingerprint density at radius 3 is 2.61 bits per heavy atom. The Hall–Kier alpha value is -3.61. The minimum absolute atomic E-state index is 0.311. The summed E-state index contributed by atoms with van der Waals surface area (Å²) in [5.41, 5.74) is 1.05. The van der Waals surface area contributed by atoms with Gasteiger partial charge in [0.2, 0.25) is 0 Å². The summed E-state index contributed by atoms with van der Waals surface area (Å²) < 4.78 is 44.5. The summed E-state index contributed by atoms with van der Waals surface area (Å²) in [6.07, 6.45) is -1.40. The van der Waals surface area contributed by atoms with Gasteiger partial charge in [-0.05, 0) is 48.5 Å². The number of pyridine rings is 1. The van der Waals surface area contributed by atoms with Crippen LogP contribution in [-0.2, 0) is 6.18 Å². The van der Waals surface area contributed by atoms with Gasteiger partial charge < -0.3 is 9.73 Å². The molecule has 0 aliphatic heterocycles. The first-order chi connectivity index (χ1) is 13.4. The van der Waals surface area contributed by atoms with Gasteiger partial charge in [0.1, 0.15) is 11.3 Å². The maximum absolute atomic E-state index is 12.9. The lowest BCUT2D eigenvalue weighted by atomic mass is 10.1. The first kappa shape index (κ1) is 17.8. The highest BCUT2D eigenvalue weighted by Gasteiger charge is 2.30. The molecule has 4 aromatic rings. The Balaban J connectivity index is 1.63. The molecule has 0 radical (unpaired) electrons. The smallest absolute Gasteiger partial charge is 0.416 e. The summed E-state index contributed by atoms with van der Waals surface area (Å²) in [7, 11) is 0. The van der Waals surface area contributed by atoms with E-state index in [1.165, 1.54) is 12.3 Å². The molecule has 4 nitrogen and oxygen atoms in total. The molecule has 0 saturated heterocycles. The van der Waals surface area contributed by atoms with Gasteiger partial charge in [-0.25, -0.2) is 0 Å². The summed E-state index contributed by atoms with van der Waals surface area (Å²) in [5.74, 6) is 0.00545. The zero-order valence-electron chi connectivity index (χ0n) is 14.3. The highest BCUT2D eigenvalue weighted by molar-refractivity contribution is 6.04. The monoisotopic (exact) mass is 382 g/mol. The molecule has 0 atom stereocenters. The molecule has 0 spiro atoms.